The lowest BCUT2D eigenvalue weighted by Gasteiger charge is -2.08. The van der Waals surface area contributed by atoms with Crippen LogP contribution in [-0.4, -0.2) is 17.1 Å². The maximum absolute atomic E-state index is 12.1. The Balaban J connectivity index is 2.15. The summed E-state index contributed by atoms with van der Waals surface area (Å²) in [4.78, 5) is 17.2. The number of amides is 1. The van der Waals surface area contributed by atoms with Crippen LogP contribution in [0, 0.1) is 6.92 Å². The Kier molecular flexibility index (Phi) is 4.45. The molecule has 0 saturated carbocycles. The minimum atomic E-state index is -0.153. The summed E-state index contributed by atoms with van der Waals surface area (Å²) in [5, 5.41) is 3.24. The first-order chi connectivity index (χ1) is 9.10. The molecule has 2 rings (SSSR count). The Bertz CT molecular complexity index is 599. The highest BCUT2D eigenvalue weighted by atomic mass is 35.5. The maximum Gasteiger partial charge on any atom is 0.255 e. The molecule has 0 bridgehead atoms. The highest BCUT2D eigenvalue weighted by Gasteiger charge is 2.08. The fourth-order valence-corrected chi connectivity index (χ4v) is 2.21. The van der Waals surface area contributed by atoms with Crippen molar-refractivity contribution in [2.24, 2.45) is 0 Å². The van der Waals surface area contributed by atoms with Gasteiger partial charge in [0.15, 0.2) is 0 Å². The Labute approximate surface area is 121 Å². The first kappa shape index (κ1) is 13.9. The third-order valence-electron chi connectivity index (χ3n) is 2.68. The van der Waals surface area contributed by atoms with Crippen LogP contribution in [0.5, 0.6) is 0 Å². The second kappa shape index (κ2) is 6.08. The number of anilines is 1. The molecule has 0 aliphatic rings. The van der Waals surface area contributed by atoms with E-state index in [0.717, 1.165) is 10.5 Å². The van der Waals surface area contributed by atoms with E-state index in [0.29, 0.717) is 16.4 Å². The second-order valence-corrected chi connectivity index (χ2v) is 5.27. The van der Waals surface area contributed by atoms with Gasteiger partial charge in [0, 0.05) is 10.5 Å². The Morgan fingerprint density at radius 2 is 2.00 bits per heavy atom. The molecule has 0 radical (unpaired) electrons. The zero-order valence-electron chi connectivity index (χ0n) is 10.6. The van der Waals surface area contributed by atoms with Gasteiger partial charge in [-0.05, 0) is 49.1 Å². The van der Waals surface area contributed by atoms with Crippen molar-refractivity contribution in [1.29, 1.82) is 0 Å². The van der Waals surface area contributed by atoms with E-state index in [-0.39, 0.29) is 5.91 Å². The van der Waals surface area contributed by atoms with E-state index in [4.69, 9.17) is 11.6 Å². The summed E-state index contributed by atoms with van der Waals surface area (Å²) in [7, 11) is 0. The van der Waals surface area contributed by atoms with E-state index >= 15 is 0 Å². The topological polar surface area (TPSA) is 42.0 Å². The number of hydrogen-bond acceptors (Lipinski definition) is 3. The lowest BCUT2D eigenvalue weighted by molar-refractivity contribution is 0.102. The number of carbonyl (C=O) groups excluding carboxylic acids is 1. The number of aryl methyl sites for hydroxylation is 1. The van der Waals surface area contributed by atoms with Gasteiger partial charge in [0.05, 0.1) is 11.9 Å². The number of rotatable bonds is 3. The number of benzene rings is 1. The molecule has 2 aromatic rings. The van der Waals surface area contributed by atoms with Gasteiger partial charge in [-0.15, -0.1) is 11.8 Å². The minimum absolute atomic E-state index is 0.153. The van der Waals surface area contributed by atoms with Gasteiger partial charge in [-0.3, -0.25) is 4.79 Å². The molecule has 3 nitrogen and oxygen atoms in total. The molecule has 98 valence electrons. The van der Waals surface area contributed by atoms with Gasteiger partial charge in [0.25, 0.3) is 5.91 Å². The van der Waals surface area contributed by atoms with Crippen LogP contribution in [0.3, 0.4) is 0 Å². The zero-order chi connectivity index (χ0) is 13.8. The molecular formula is C14H13ClN2OS. The summed E-state index contributed by atoms with van der Waals surface area (Å²) in [5.74, 6) is -0.153. The highest BCUT2D eigenvalue weighted by molar-refractivity contribution is 7.98. The van der Waals surface area contributed by atoms with Crippen LogP contribution < -0.4 is 5.32 Å². The molecule has 0 atom stereocenters. The first-order valence-corrected chi connectivity index (χ1v) is 7.28. The van der Waals surface area contributed by atoms with Crippen LogP contribution in [0.2, 0.25) is 5.15 Å². The number of nitrogens with zero attached hydrogens (tertiary/aromatic N) is 1. The monoisotopic (exact) mass is 292 g/mol. The van der Waals surface area contributed by atoms with Gasteiger partial charge in [0.1, 0.15) is 5.15 Å². The van der Waals surface area contributed by atoms with Gasteiger partial charge < -0.3 is 5.32 Å². The van der Waals surface area contributed by atoms with E-state index in [9.17, 15) is 4.79 Å². The maximum atomic E-state index is 12.1. The molecule has 0 saturated heterocycles. The Morgan fingerprint density at radius 1 is 1.32 bits per heavy atom. The standard InChI is InChI=1S/C14H13ClN2OS/c1-9-7-13(15)16-8-12(9)17-14(18)10-3-5-11(19-2)6-4-10/h3-8H,1-2H3,(H,17,18). The molecule has 1 N–H and O–H groups in total. The van der Waals surface area contributed by atoms with Crippen molar-refractivity contribution < 1.29 is 4.79 Å². The Hall–Kier alpha value is -1.52. The minimum Gasteiger partial charge on any atom is -0.320 e. The van der Waals surface area contributed by atoms with E-state index in [2.05, 4.69) is 10.3 Å². The molecular weight excluding hydrogens is 280 g/mol. The van der Waals surface area contributed by atoms with Crippen molar-refractivity contribution >= 4 is 35.0 Å². The number of nitrogens with one attached hydrogen (secondary N) is 1. The van der Waals surface area contributed by atoms with Crippen molar-refractivity contribution in [2.45, 2.75) is 11.8 Å². The number of hydrogen-bond donors (Lipinski definition) is 1. The van der Waals surface area contributed by atoms with Crippen molar-refractivity contribution in [3.05, 3.63) is 52.8 Å². The van der Waals surface area contributed by atoms with Gasteiger partial charge in [0.2, 0.25) is 0 Å². The predicted octanol–water partition coefficient (Wildman–Crippen LogP) is 4.02. The molecule has 0 unspecified atom stereocenters. The zero-order valence-corrected chi connectivity index (χ0v) is 12.2. The highest BCUT2D eigenvalue weighted by Crippen LogP contribution is 2.19. The summed E-state index contributed by atoms with van der Waals surface area (Å²) in [6.45, 7) is 1.87. The van der Waals surface area contributed by atoms with Crippen molar-refractivity contribution in [3.63, 3.8) is 0 Å². The van der Waals surface area contributed by atoms with Crippen molar-refractivity contribution in [2.75, 3.05) is 11.6 Å². The van der Waals surface area contributed by atoms with Gasteiger partial charge in [-0.1, -0.05) is 11.6 Å². The summed E-state index contributed by atoms with van der Waals surface area (Å²) in [5.41, 5.74) is 2.17. The van der Waals surface area contributed by atoms with E-state index in [1.54, 1.807) is 36.2 Å². The van der Waals surface area contributed by atoms with Crippen LogP contribution in [0.4, 0.5) is 5.69 Å². The average Bonchev–Trinajstić information content (AvgIpc) is 2.42. The number of pyridine rings is 1. The van der Waals surface area contributed by atoms with Crippen molar-refractivity contribution in [3.8, 4) is 0 Å². The van der Waals surface area contributed by atoms with Gasteiger partial charge in [-0.2, -0.15) is 0 Å². The quantitative estimate of drug-likeness (QED) is 0.686. The predicted molar refractivity (Wildman–Crippen MR) is 80.2 cm³/mol. The van der Waals surface area contributed by atoms with Crippen LogP contribution in [0.1, 0.15) is 15.9 Å². The van der Waals surface area contributed by atoms with E-state index in [1.807, 2.05) is 25.3 Å². The molecule has 19 heavy (non-hydrogen) atoms. The fraction of sp³-hybridized carbons (Fsp3) is 0.143. The fourth-order valence-electron chi connectivity index (χ4n) is 1.59. The lowest BCUT2D eigenvalue weighted by atomic mass is 10.2. The SMILES string of the molecule is CSc1ccc(C(=O)Nc2cnc(Cl)cc2C)cc1. The number of halogens is 1. The van der Waals surface area contributed by atoms with E-state index < -0.39 is 0 Å². The molecule has 1 heterocycles. The summed E-state index contributed by atoms with van der Waals surface area (Å²) < 4.78 is 0. The molecule has 0 fully saturated rings. The molecule has 1 aromatic carbocycles. The molecule has 0 spiro atoms. The largest absolute Gasteiger partial charge is 0.320 e. The normalized spacial score (nSPS) is 10.3. The summed E-state index contributed by atoms with van der Waals surface area (Å²) >= 11 is 7.42. The van der Waals surface area contributed by atoms with Crippen molar-refractivity contribution in [1.82, 2.24) is 4.98 Å². The molecule has 0 aliphatic heterocycles. The van der Waals surface area contributed by atoms with E-state index in [1.165, 1.54) is 0 Å². The summed E-state index contributed by atoms with van der Waals surface area (Å²) in [6.07, 6.45) is 3.56. The number of carbonyl (C=O) groups is 1. The smallest absolute Gasteiger partial charge is 0.255 e. The third-order valence-corrected chi connectivity index (χ3v) is 3.63. The summed E-state index contributed by atoms with van der Waals surface area (Å²) in [6, 6.07) is 9.17. The first-order valence-electron chi connectivity index (χ1n) is 5.67. The second-order valence-electron chi connectivity index (χ2n) is 4.00. The van der Waals surface area contributed by atoms with Gasteiger partial charge in [-0.25, -0.2) is 4.98 Å². The lowest BCUT2D eigenvalue weighted by Crippen LogP contribution is -2.12. The average molecular weight is 293 g/mol. The number of aromatic nitrogens is 1. The molecule has 1 aromatic heterocycles. The third kappa shape index (κ3) is 3.49. The van der Waals surface area contributed by atoms with Crippen LogP contribution in [0.15, 0.2) is 41.4 Å². The Morgan fingerprint density at radius 3 is 2.58 bits per heavy atom. The van der Waals surface area contributed by atoms with Crippen LogP contribution in [-0.2, 0) is 0 Å². The van der Waals surface area contributed by atoms with Gasteiger partial charge >= 0.3 is 0 Å². The molecule has 0 aliphatic carbocycles. The van der Waals surface area contributed by atoms with Crippen LogP contribution in [0.25, 0.3) is 0 Å². The number of thioether (sulfide) groups is 1. The van der Waals surface area contributed by atoms with Crippen LogP contribution >= 0.6 is 23.4 Å². The molecule has 1 amide bonds. The molecule has 5 heteroatoms.